The maximum atomic E-state index is 12.2. The highest BCUT2D eigenvalue weighted by atomic mass is 19.4. The van der Waals surface area contributed by atoms with E-state index >= 15 is 0 Å². The van der Waals surface area contributed by atoms with Gasteiger partial charge >= 0.3 is 6.18 Å². The molecule has 1 unspecified atom stereocenters. The summed E-state index contributed by atoms with van der Waals surface area (Å²) in [6.45, 7) is 4.47. The van der Waals surface area contributed by atoms with E-state index in [4.69, 9.17) is 5.11 Å². The SMILES string of the molecule is CC(C)CC1(CNCC(O)C(F)(F)F)CCCC1. The Morgan fingerprint density at radius 2 is 1.78 bits per heavy atom. The molecule has 2 nitrogen and oxygen atoms in total. The third-order valence-electron chi connectivity index (χ3n) is 3.72. The molecule has 1 saturated carbocycles. The Labute approximate surface area is 107 Å². The van der Waals surface area contributed by atoms with Crippen molar-refractivity contribution in [1.29, 1.82) is 0 Å². The van der Waals surface area contributed by atoms with Crippen LogP contribution < -0.4 is 5.32 Å². The zero-order valence-electron chi connectivity index (χ0n) is 11.2. The Hall–Kier alpha value is -0.290. The summed E-state index contributed by atoms with van der Waals surface area (Å²) < 4.78 is 36.5. The van der Waals surface area contributed by atoms with Crippen molar-refractivity contribution < 1.29 is 18.3 Å². The van der Waals surface area contributed by atoms with Crippen molar-refractivity contribution in [3.8, 4) is 0 Å². The molecule has 0 radical (unpaired) electrons. The maximum absolute atomic E-state index is 12.2. The molecule has 0 spiro atoms. The second-order valence-electron chi connectivity index (χ2n) is 5.99. The molecular weight excluding hydrogens is 243 g/mol. The van der Waals surface area contributed by atoms with E-state index in [9.17, 15) is 13.2 Å². The van der Waals surface area contributed by atoms with E-state index in [0.29, 0.717) is 12.5 Å². The van der Waals surface area contributed by atoms with Gasteiger partial charge in [0.2, 0.25) is 0 Å². The zero-order valence-corrected chi connectivity index (χ0v) is 11.2. The number of rotatable bonds is 6. The normalized spacial score (nSPS) is 21.5. The van der Waals surface area contributed by atoms with Crippen LogP contribution in [0.3, 0.4) is 0 Å². The standard InChI is InChI=1S/C13H24F3NO/c1-10(2)7-12(5-3-4-6-12)9-17-8-11(18)13(14,15)16/h10-11,17-18H,3-9H2,1-2H3. The molecule has 0 saturated heterocycles. The number of aliphatic hydroxyl groups excluding tert-OH is 1. The lowest BCUT2D eigenvalue weighted by Gasteiger charge is -2.31. The quantitative estimate of drug-likeness (QED) is 0.775. The first-order valence-electron chi connectivity index (χ1n) is 6.71. The van der Waals surface area contributed by atoms with Gasteiger partial charge in [-0.25, -0.2) is 0 Å². The van der Waals surface area contributed by atoms with Crippen LogP contribution in [0.1, 0.15) is 46.0 Å². The van der Waals surface area contributed by atoms with Crippen LogP contribution in [-0.2, 0) is 0 Å². The molecule has 2 N–H and O–H groups in total. The number of halogens is 3. The predicted octanol–water partition coefficient (Wildman–Crippen LogP) is 3.11. The lowest BCUT2D eigenvalue weighted by Crippen LogP contribution is -2.42. The van der Waals surface area contributed by atoms with Crippen molar-refractivity contribution in [2.75, 3.05) is 13.1 Å². The molecule has 1 rings (SSSR count). The van der Waals surface area contributed by atoms with Crippen LogP contribution in [0.5, 0.6) is 0 Å². The predicted molar refractivity (Wildman–Crippen MR) is 65.3 cm³/mol. The number of hydrogen-bond donors (Lipinski definition) is 2. The third kappa shape index (κ3) is 4.76. The van der Waals surface area contributed by atoms with Gasteiger partial charge in [0.1, 0.15) is 0 Å². The van der Waals surface area contributed by atoms with E-state index in [2.05, 4.69) is 19.2 Å². The molecule has 18 heavy (non-hydrogen) atoms. The number of nitrogens with one attached hydrogen (secondary N) is 1. The van der Waals surface area contributed by atoms with Gasteiger partial charge in [-0.15, -0.1) is 0 Å². The average Bonchev–Trinajstić information content (AvgIpc) is 2.64. The molecule has 0 bridgehead atoms. The van der Waals surface area contributed by atoms with E-state index in [-0.39, 0.29) is 5.41 Å². The Morgan fingerprint density at radius 1 is 1.22 bits per heavy atom. The molecule has 0 aromatic rings. The number of hydrogen-bond acceptors (Lipinski definition) is 2. The molecule has 5 heteroatoms. The van der Waals surface area contributed by atoms with Crippen LogP contribution in [0.15, 0.2) is 0 Å². The minimum atomic E-state index is -4.52. The molecule has 0 amide bonds. The van der Waals surface area contributed by atoms with Gasteiger partial charge in [-0.3, -0.25) is 0 Å². The van der Waals surface area contributed by atoms with Gasteiger partial charge in [0.25, 0.3) is 0 Å². The van der Waals surface area contributed by atoms with Crippen molar-refractivity contribution in [1.82, 2.24) is 5.32 Å². The largest absolute Gasteiger partial charge is 0.415 e. The summed E-state index contributed by atoms with van der Waals surface area (Å²) in [4.78, 5) is 0. The summed E-state index contributed by atoms with van der Waals surface area (Å²) >= 11 is 0. The molecule has 0 aromatic heterocycles. The molecule has 0 heterocycles. The van der Waals surface area contributed by atoms with Crippen molar-refractivity contribution in [2.45, 2.75) is 58.2 Å². The smallest absolute Gasteiger partial charge is 0.382 e. The molecule has 1 atom stereocenters. The van der Waals surface area contributed by atoms with Gasteiger partial charge in [-0.2, -0.15) is 13.2 Å². The second kappa shape index (κ2) is 6.24. The van der Waals surface area contributed by atoms with Crippen LogP contribution in [-0.4, -0.2) is 30.5 Å². The Balaban J connectivity index is 2.39. The van der Waals surface area contributed by atoms with Gasteiger partial charge in [-0.1, -0.05) is 26.7 Å². The maximum Gasteiger partial charge on any atom is 0.415 e. The molecular formula is C13H24F3NO. The summed E-state index contributed by atoms with van der Waals surface area (Å²) in [6.07, 6.45) is -1.24. The van der Waals surface area contributed by atoms with Crippen LogP contribution >= 0.6 is 0 Å². The fourth-order valence-corrected chi connectivity index (χ4v) is 3.03. The van der Waals surface area contributed by atoms with E-state index in [1.165, 1.54) is 0 Å². The fourth-order valence-electron chi connectivity index (χ4n) is 3.03. The molecule has 1 aliphatic carbocycles. The summed E-state index contributed by atoms with van der Waals surface area (Å²) in [5.74, 6) is 0.553. The Morgan fingerprint density at radius 3 is 2.22 bits per heavy atom. The van der Waals surface area contributed by atoms with Gasteiger partial charge in [0.05, 0.1) is 0 Å². The van der Waals surface area contributed by atoms with Crippen LogP contribution in [0.4, 0.5) is 13.2 Å². The van der Waals surface area contributed by atoms with Crippen molar-refractivity contribution in [2.24, 2.45) is 11.3 Å². The van der Waals surface area contributed by atoms with Crippen molar-refractivity contribution in [3.05, 3.63) is 0 Å². The van der Waals surface area contributed by atoms with Crippen molar-refractivity contribution >= 4 is 0 Å². The third-order valence-corrected chi connectivity index (χ3v) is 3.72. The monoisotopic (exact) mass is 267 g/mol. The average molecular weight is 267 g/mol. The first kappa shape index (κ1) is 15.8. The van der Waals surface area contributed by atoms with Gasteiger partial charge in [0, 0.05) is 13.1 Å². The van der Waals surface area contributed by atoms with E-state index in [0.717, 1.165) is 32.1 Å². The molecule has 1 aliphatic rings. The second-order valence-corrected chi connectivity index (χ2v) is 5.99. The van der Waals surface area contributed by atoms with Gasteiger partial charge in [-0.05, 0) is 30.6 Å². The zero-order chi connectivity index (χ0) is 13.8. The summed E-state index contributed by atoms with van der Waals surface area (Å²) in [5.41, 5.74) is 0.138. The highest BCUT2D eigenvalue weighted by molar-refractivity contribution is 4.88. The lowest BCUT2D eigenvalue weighted by molar-refractivity contribution is -0.202. The highest BCUT2D eigenvalue weighted by Crippen LogP contribution is 2.42. The minimum Gasteiger partial charge on any atom is -0.382 e. The highest BCUT2D eigenvalue weighted by Gasteiger charge is 2.39. The van der Waals surface area contributed by atoms with Gasteiger partial charge < -0.3 is 10.4 Å². The van der Waals surface area contributed by atoms with Crippen molar-refractivity contribution in [3.63, 3.8) is 0 Å². The number of aliphatic hydroxyl groups is 1. The Kier molecular flexibility index (Phi) is 5.46. The molecule has 1 fully saturated rings. The molecule has 108 valence electrons. The lowest BCUT2D eigenvalue weighted by atomic mass is 9.78. The van der Waals surface area contributed by atoms with E-state index in [1.54, 1.807) is 0 Å². The van der Waals surface area contributed by atoms with E-state index < -0.39 is 18.8 Å². The first-order valence-corrected chi connectivity index (χ1v) is 6.71. The van der Waals surface area contributed by atoms with Crippen LogP contribution in [0.2, 0.25) is 0 Å². The minimum absolute atomic E-state index is 0.138. The molecule has 0 aromatic carbocycles. The van der Waals surface area contributed by atoms with Crippen LogP contribution in [0.25, 0.3) is 0 Å². The summed E-state index contributed by atoms with van der Waals surface area (Å²) in [5, 5.41) is 11.7. The number of alkyl halides is 3. The summed E-state index contributed by atoms with van der Waals surface area (Å²) in [7, 11) is 0. The fraction of sp³-hybridized carbons (Fsp3) is 1.00. The van der Waals surface area contributed by atoms with E-state index in [1.807, 2.05) is 0 Å². The van der Waals surface area contributed by atoms with Gasteiger partial charge in [0.15, 0.2) is 6.10 Å². The topological polar surface area (TPSA) is 32.3 Å². The Bertz CT molecular complexity index is 247. The molecule has 0 aliphatic heterocycles. The van der Waals surface area contributed by atoms with Crippen LogP contribution in [0, 0.1) is 11.3 Å². The summed E-state index contributed by atoms with van der Waals surface area (Å²) in [6, 6.07) is 0. The first-order chi connectivity index (χ1) is 8.25.